The van der Waals surface area contributed by atoms with Crippen molar-refractivity contribution in [1.29, 1.82) is 0 Å². The molecule has 1 aromatic carbocycles. The lowest BCUT2D eigenvalue weighted by molar-refractivity contribution is 0.373. The minimum Gasteiger partial charge on any atom is -0.378 e. The highest BCUT2D eigenvalue weighted by atomic mass is 127. The van der Waals surface area contributed by atoms with E-state index in [1.807, 2.05) is 0 Å². The predicted molar refractivity (Wildman–Crippen MR) is 118 cm³/mol. The molecule has 0 N–H and O–H groups in total. The van der Waals surface area contributed by atoms with Gasteiger partial charge in [-0.2, -0.15) is 0 Å². The maximum atomic E-state index is 2.47. The molecule has 0 fully saturated rings. The molecule has 0 radical (unpaired) electrons. The second-order valence-corrected chi connectivity index (χ2v) is 6.35. The van der Waals surface area contributed by atoms with Gasteiger partial charge in [-0.25, -0.2) is 0 Å². The van der Waals surface area contributed by atoms with E-state index in [-0.39, 0.29) is 24.0 Å². The maximum Gasteiger partial charge on any atom is 0.0369 e. The quantitative estimate of drug-likeness (QED) is 0.378. The van der Waals surface area contributed by atoms with Crippen molar-refractivity contribution < 1.29 is 0 Å². The molecule has 0 bridgehead atoms. The van der Waals surface area contributed by atoms with Crippen LogP contribution < -0.4 is 4.90 Å². The molecule has 0 atom stereocenters. The van der Waals surface area contributed by atoms with Gasteiger partial charge >= 0.3 is 0 Å². The molecule has 0 spiro atoms. The summed E-state index contributed by atoms with van der Waals surface area (Å²) in [5, 5.41) is 0. The van der Waals surface area contributed by atoms with Crippen LogP contribution in [0.3, 0.4) is 0 Å². The monoisotopic (exact) mass is 438 g/mol. The van der Waals surface area contributed by atoms with Gasteiger partial charge in [0.05, 0.1) is 0 Å². The zero-order valence-electron chi connectivity index (χ0n) is 15.2. The average molecular weight is 438 g/mol. The van der Waals surface area contributed by atoms with Crippen LogP contribution in [0.1, 0.15) is 38.2 Å². The van der Waals surface area contributed by atoms with Gasteiger partial charge in [-0.3, -0.25) is 0 Å². The zero-order chi connectivity index (χ0) is 16.5. The fourth-order valence-electron chi connectivity index (χ4n) is 2.74. The van der Waals surface area contributed by atoms with Gasteiger partial charge in [0.1, 0.15) is 0 Å². The number of unbranched alkanes of at least 4 members (excludes halogenated alkanes) is 3. The van der Waals surface area contributed by atoms with Crippen LogP contribution in [-0.2, 0) is 0 Å². The molecule has 1 heterocycles. The van der Waals surface area contributed by atoms with Crippen LogP contribution in [0.2, 0.25) is 0 Å². The first kappa shape index (κ1) is 20.8. The van der Waals surface area contributed by atoms with Gasteiger partial charge < -0.3 is 9.80 Å². The molecular formula is C21H31IN2. The lowest BCUT2D eigenvalue weighted by atomic mass is 10.1. The summed E-state index contributed by atoms with van der Waals surface area (Å²) in [5.41, 5.74) is 3.80. The van der Waals surface area contributed by atoms with Crippen LogP contribution in [0, 0.1) is 0 Å². The molecule has 132 valence electrons. The standard InChI is InChI=1S/C21H30N2.HI/c1-4-5-6-8-17-23-18-9-7-10-21(23)16-13-19-11-14-20(15-12-19)22(2)3;/h7,9-16H,4-6,8,17-18H2,1-3H3;1H. The van der Waals surface area contributed by atoms with E-state index in [0.717, 1.165) is 13.1 Å². The number of anilines is 1. The molecule has 24 heavy (non-hydrogen) atoms. The van der Waals surface area contributed by atoms with Gasteiger partial charge in [0.25, 0.3) is 0 Å². The van der Waals surface area contributed by atoms with Gasteiger partial charge in [-0.15, -0.1) is 24.0 Å². The van der Waals surface area contributed by atoms with E-state index in [2.05, 4.69) is 85.5 Å². The number of hydrogen-bond donors (Lipinski definition) is 0. The smallest absolute Gasteiger partial charge is 0.0369 e. The minimum atomic E-state index is 0. The highest BCUT2D eigenvalue weighted by molar-refractivity contribution is 14.0. The van der Waals surface area contributed by atoms with Crippen LogP contribution in [0.5, 0.6) is 0 Å². The van der Waals surface area contributed by atoms with E-state index >= 15 is 0 Å². The third-order valence-corrected chi connectivity index (χ3v) is 4.23. The summed E-state index contributed by atoms with van der Waals surface area (Å²) in [6, 6.07) is 8.68. The van der Waals surface area contributed by atoms with Crippen molar-refractivity contribution in [3.63, 3.8) is 0 Å². The van der Waals surface area contributed by atoms with E-state index in [4.69, 9.17) is 0 Å². The molecule has 0 aromatic heterocycles. The van der Waals surface area contributed by atoms with Crippen LogP contribution in [0.4, 0.5) is 5.69 Å². The molecule has 1 aliphatic rings. The second-order valence-electron chi connectivity index (χ2n) is 6.35. The molecular weight excluding hydrogens is 407 g/mol. The highest BCUT2D eigenvalue weighted by Crippen LogP contribution is 2.17. The Kier molecular flexibility index (Phi) is 9.84. The molecule has 1 aromatic rings. The Balaban J connectivity index is 0.00000288. The molecule has 0 saturated heterocycles. The lowest BCUT2D eigenvalue weighted by Crippen LogP contribution is -2.25. The Labute approximate surface area is 164 Å². The third-order valence-electron chi connectivity index (χ3n) is 4.23. The topological polar surface area (TPSA) is 6.48 Å². The van der Waals surface area contributed by atoms with E-state index < -0.39 is 0 Å². The summed E-state index contributed by atoms with van der Waals surface area (Å²) in [7, 11) is 4.14. The summed E-state index contributed by atoms with van der Waals surface area (Å²) in [6.45, 7) is 4.45. The van der Waals surface area contributed by atoms with E-state index in [1.165, 1.54) is 42.6 Å². The maximum absolute atomic E-state index is 2.47. The first-order chi connectivity index (χ1) is 11.2. The number of rotatable bonds is 8. The van der Waals surface area contributed by atoms with Crippen LogP contribution in [0.25, 0.3) is 6.08 Å². The molecule has 0 saturated carbocycles. The van der Waals surface area contributed by atoms with Crippen LogP contribution in [0.15, 0.2) is 54.3 Å². The van der Waals surface area contributed by atoms with Gasteiger partial charge in [0.15, 0.2) is 0 Å². The third kappa shape index (κ3) is 6.71. The number of benzene rings is 1. The second kappa shape index (κ2) is 11.3. The van der Waals surface area contributed by atoms with Gasteiger partial charge in [-0.05, 0) is 36.3 Å². The lowest BCUT2D eigenvalue weighted by Gasteiger charge is -2.26. The Morgan fingerprint density at radius 3 is 2.46 bits per heavy atom. The number of halogens is 1. The summed E-state index contributed by atoms with van der Waals surface area (Å²) in [5.74, 6) is 0. The molecule has 3 heteroatoms. The van der Waals surface area contributed by atoms with Crippen molar-refractivity contribution in [2.45, 2.75) is 32.6 Å². The van der Waals surface area contributed by atoms with Gasteiger partial charge in [-0.1, -0.05) is 56.5 Å². The van der Waals surface area contributed by atoms with Crippen molar-refractivity contribution >= 4 is 35.7 Å². The SMILES string of the molecule is CCCCCCN1CC=CC=C1C=Cc1ccc(N(C)C)cc1.I. The molecule has 2 rings (SSSR count). The number of allylic oxidation sites excluding steroid dienone is 3. The number of nitrogens with zero attached hydrogens (tertiary/aromatic N) is 2. The summed E-state index contributed by atoms with van der Waals surface area (Å²) in [4.78, 5) is 4.60. The van der Waals surface area contributed by atoms with E-state index in [9.17, 15) is 0 Å². The van der Waals surface area contributed by atoms with Gasteiger partial charge in [0.2, 0.25) is 0 Å². The highest BCUT2D eigenvalue weighted by Gasteiger charge is 2.07. The molecule has 0 unspecified atom stereocenters. The molecule has 0 amide bonds. The van der Waals surface area contributed by atoms with Gasteiger partial charge in [0, 0.05) is 38.6 Å². The van der Waals surface area contributed by atoms with Crippen molar-refractivity contribution in [2.24, 2.45) is 0 Å². The fourth-order valence-corrected chi connectivity index (χ4v) is 2.74. The Hall–Kier alpha value is -1.23. The Morgan fingerprint density at radius 2 is 1.79 bits per heavy atom. The van der Waals surface area contributed by atoms with Crippen molar-refractivity contribution in [2.75, 3.05) is 32.1 Å². The molecule has 1 aliphatic heterocycles. The zero-order valence-corrected chi connectivity index (χ0v) is 17.6. The summed E-state index contributed by atoms with van der Waals surface area (Å²) in [6.07, 6.45) is 16.3. The van der Waals surface area contributed by atoms with Crippen molar-refractivity contribution in [1.82, 2.24) is 4.90 Å². The first-order valence-corrected chi connectivity index (χ1v) is 8.78. The molecule has 0 aliphatic carbocycles. The summed E-state index contributed by atoms with van der Waals surface area (Å²) < 4.78 is 0. The van der Waals surface area contributed by atoms with Crippen molar-refractivity contribution in [3.05, 3.63) is 59.8 Å². The Morgan fingerprint density at radius 1 is 1.04 bits per heavy atom. The average Bonchev–Trinajstić information content (AvgIpc) is 2.58. The van der Waals surface area contributed by atoms with E-state index in [1.54, 1.807) is 0 Å². The predicted octanol–water partition coefficient (Wildman–Crippen LogP) is 5.72. The first-order valence-electron chi connectivity index (χ1n) is 8.78. The van der Waals surface area contributed by atoms with Crippen LogP contribution in [-0.4, -0.2) is 32.1 Å². The van der Waals surface area contributed by atoms with Crippen LogP contribution >= 0.6 is 24.0 Å². The number of hydrogen-bond acceptors (Lipinski definition) is 2. The largest absolute Gasteiger partial charge is 0.378 e. The normalized spacial score (nSPS) is 13.8. The molecule has 2 nitrogen and oxygen atoms in total. The Bertz CT molecular complexity index is 556. The minimum absolute atomic E-state index is 0. The fraction of sp³-hybridized carbons (Fsp3) is 0.429. The van der Waals surface area contributed by atoms with E-state index in [0.29, 0.717) is 0 Å². The summed E-state index contributed by atoms with van der Waals surface area (Å²) >= 11 is 0. The van der Waals surface area contributed by atoms with Crippen molar-refractivity contribution in [3.8, 4) is 0 Å².